The number of hydrogen-bond donors (Lipinski definition) is 2. The SMILES string of the molecule is CCCc1nnc(NC(=O)c2ccc3c(c2)OCC(=O)N3)s1. The minimum atomic E-state index is -0.289. The van der Waals surface area contributed by atoms with Crippen LogP contribution in [0, 0.1) is 0 Å². The number of carbonyl (C=O) groups excluding carboxylic acids is 2. The number of amides is 2. The standard InChI is InChI=1S/C14H14N4O3S/c1-2-3-12-17-18-14(22-12)16-13(20)8-4-5-9-10(6-8)21-7-11(19)15-9/h4-6H,2-3,7H2,1H3,(H,15,19)(H,16,18,20). The van der Waals surface area contributed by atoms with Crippen molar-refractivity contribution in [1.29, 1.82) is 0 Å². The van der Waals surface area contributed by atoms with E-state index in [1.165, 1.54) is 11.3 Å². The molecule has 8 heteroatoms. The first-order chi connectivity index (χ1) is 10.7. The molecule has 2 amide bonds. The van der Waals surface area contributed by atoms with Crippen molar-refractivity contribution in [3.8, 4) is 5.75 Å². The van der Waals surface area contributed by atoms with Gasteiger partial charge in [-0.15, -0.1) is 10.2 Å². The average Bonchev–Trinajstić information content (AvgIpc) is 2.94. The minimum Gasteiger partial charge on any atom is -0.482 e. The van der Waals surface area contributed by atoms with Crippen LogP contribution in [-0.4, -0.2) is 28.6 Å². The number of anilines is 2. The lowest BCUT2D eigenvalue weighted by molar-refractivity contribution is -0.118. The number of carbonyl (C=O) groups is 2. The number of aromatic nitrogens is 2. The monoisotopic (exact) mass is 318 g/mol. The van der Waals surface area contributed by atoms with E-state index >= 15 is 0 Å². The molecular formula is C14H14N4O3S. The highest BCUT2D eigenvalue weighted by atomic mass is 32.1. The molecule has 0 radical (unpaired) electrons. The lowest BCUT2D eigenvalue weighted by Gasteiger charge is -2.18. The maximum atomic E-state index is 12.2. The summed E-state index contributed by atoms with van der Waals surface area (Å²) in [5, 5.41) is 14.7. The Bertz CT molecular complexity index is 729. The summed E-state index contributed by atoms with van der Waals surface area (Å²) < 4.78 is 5.30. The van der Waals surface area contributed by atoms with E-state index in [9.17, 15) is 9.59 Å². The second-order valence-electron chi connectivity index (χ2n) is 4.75. The zero-order valence-electron chi connectivity index (χ0n) is 11.9. The summed E-state index contributed by atoms with van der Waals surface area (Å²) in [6.07, 6.45) is 1.83. The van der Waals surface area contributed by atoms with Gasteiger partial charge in [-0.3, -0.25) is 14.9 Å². The molecular weight excluding hydrogens is 304 g/mol. The highest BCUT2D eigenvalue weighted by Gasteiger charge is 2.18. The van der Waals surface area contributed by atoms with Crippen molar-refractivity contribution in [2.45, 2.75) is 19.8 Å². The summed E-state index contributed by atoms with van der Waals surface area (Å²) in [6, 6.07) is 4.86. The van der Waals surface area contributed by atoms with Gasteiger partial charge < -0.3 is 10.1 Å². The Morgan fingerprint density at radius 3 is 3.14 bits per heavy atom. The van der Waals surface area contributed by atoms with E-state index in [1.54, 1.807) is 18.2 Å². The van der Waals surface area contributed by atoms with Gasteiger partial charge in [0.1, 0.15) is 10.8 Å². The quantitative estimate of drug-likeness (QED) is 0.900. The van der Waals surface area contributed by atoms with E-state index in [0.717, 1.165) is 17.8 Å². The third-order valence-electron chi connectivity index (χ3n) is 3.03. The van der Waals surface area contributed by atoms with Crippen molar-refractivity contribution < 1.29 is 14.3 Å². The summed E-state index contributed by atoms with van der Waals surface area (Å²) in [5.41, 5.74) is 0.996. The van der Waals surface area contributed by atoms with Crippen LogP contribution in [-0.2, 0) is 11.2 Å². The molecule has 22 heavy (non-hydrogen) atoms. The van der Waals surface area contributed by atoms with E-state index in [4.69, 9.17) is 4.74 Å². The smallest absolute Gasteiger partial charge is 0.262 e. The van der Waals surface area contributed by atoms with Crippen molar-refractivity contribution in [2.75, 3.05) is 17.2 Å². The number of nitrogens with one attached hydrogen (secondary N) is 2. The van der Waals surface area contributed by atoms with Crippen LogP contribution >= 0.6 is 11.3 Å². The van der Waals surface area contributed by atoms with Crippen LogP contribution in [0.4, 0.5) is 10.8 Å². The van der Waals surface area contributed by atoms with E-state index in [2.05, 4.69) is 27.8 Å². The predicted molar refractivity (Wildman–Crippen MR) is 82.4 cm³/mol. The van der Waals surface area contributed by atoms with Gasteiger partial charge in [0.25, 0.3) is 11.8 Å². The van der Waals surface area contributed by atoms with Crippen LogP contribution in [0.5, 0.6) is 5.75 Å². The Balaban J connectivity index is 1.73. The van der Waals surface area contributed by atoms with Gasteiger partial charge in [-0.1, -0.05) is 18.3 Å². The molecule has 1 aromatic carbocycles. The fourth-order valence-electron chi connectivity index (χ4n) is 2.00. The summed E-state index contributed by atoms with van der Waals surface area (Å²) in [4.78, 5) is 23.4. The summed E-state index contributed by atoms with van der Waals surface area (Å²) in [6.45, 7) is 2.01. The normalized spacial score (nSPS) is 13.0. The Morgan fingerprint density at radius 2 is 2.32 bits per heavy atom. The van der Waals surface area contributed by atoms with Crippen LogP contribution in [0.1, 0.15) is 28.7 Å². The third kappa shape index (κ3) is 3.06. The Hall–Kier alpha value is -2.48. The number of benzene rings is 1. The van der Waals surface area contributed by atoms with E-state index in [0.29, 0.717) is 22.1 Å². The van der Waals surface area contributed by atoms with Crippen molar-refractivity contribution in [1.82, 2.24) is 10.2 Å². The molecule has 2 heterocycles. The largest absolute Gasteiger partial charge is 0.482 e. The molecule has 0 fully saturated rings. The van der Waals surface area contributed by atoms with Crippen LogP contribution in [0.3, 0.4) is 0 Å². The number of fused-ring (bicyclic) bond motifs is 1. The van der Waals surface area contributed by atoms with Gasteiger partial charge in [-0.2, -0.15) is 0 Å². The molecule has 114 valence electrons. The van der Waals surface area contributed by atoms with Gasteiger partial charge in [-0.25, -0.2) is 0 Å². The maximum Gasteiger partial charge on any atom is 0.262 e. The predicted octanol–water partition coefficient (Wildman–Crippen LogP) is 2.07. The number of ether oxygens (including phenoxy) is 1. The maximum absolute atomic E-state index is 12.2. The average molecular weight is 318 g/mol. The second-order valence-corrected chi connectivity index (χ2v) is 5.81. The van der Waals surface area contributed by atoms with E-state index in [-0.39, 0.29) is 18.4 Å². The highest BCUT2D eigenvalue weighted by Crippen LogP contribution is 2.29. The van der Waals surface area contributed by atoms with Crippen LogP contribution in [0.2, 0.25) is 0 Å². The summed E-state index contributed by atoms with van der Waals surface area (Å²) in [7, 11) is 0. The summed E-state index contributed by atoms with van der Waals surface area (Å²) >= 11 is 1.37. The lowest BCUT2D eigenvalue weighted by atomic mass is 10.1. The van der Waals surface area contributed by atoms with Crippen LogP contribution in [0.15, 0.2) is 18.2 Å². The molecule has 0 saturated carbocycles. The van der Waals surface area contributed by atoms with Crippen molar-refractivity contribution in [3.63, 3.8) is 0 Å². The van der Waals surface area contributed by atoms with Gasteiger partial charge >= 0.3 is 0 Å². The lowest BCUT2D eigenvalue weighted by Crippen LogP contribution is -2.25. The number of nitrogens with zero attached hydrogens (tertiary/aromatic N) is 2. The minimum absolute atomic E-state index is 0.0468. The van der Waals surface area contributed by atoms with Gasteiger partial charge in [0.05, 0.1) is 5.69 Å². The van der Waals surface area contributed by atoms with Crippen molar-refractivity contribution in [2.24, 2.45) is 0 Å². The Labute approximate surface area is 130 Å². The molecule has 2 aromatic rings. The first-order valence-electron chi connectivity index (χ1n) is 6.86. The zero-order valence-corrected chi connectivity index (χ0v) is 12.7. The van der Waals surface area contributed by atoms with Gasteiger partial charge in [0.2, 0.25) is 5.13 Å². The molecule has 0 spiro atoms. The fraction of sp³-hybridized carbons (Fsp3) is 0.286. The van der Waals surface area contributed by atoms with Gasteiger partial charge in [0.15, 0.2) is 6.61 Å². The molecule has 0 atom stereocenters. The molecule has 2 N–H and O–H groups in total. The van der Waals surface area contributed by atoms with E-state index in [1.807, 2.05) is 0 Å². The third-order valence-corrected chi connectivity index (χ3v) is 3.93. The van der Waals surface area contributed by atoms with Gasteiger partial charge in [-0.05, 0) is 24.6 Å². The number of aryl methyl sites for hydroxylation is 1. The first-order valence-corrected chi connectivity index (χ1v) is 7.68. The summed E-state index contributed by atoms with van der Waals surface area (Å²) in [5.74, 6) is -0.0132. The zero-order chi connectivity index (χ0) is 15.5. The molecule has 0 saturated heterocycles. The van der Waals surface area contributed by atoms with Gasteiger partial charge in [0, 0.05) is 12.0 Å². The Morgan fingerprint density at radius 1 is 1.45 bits per heavy atom. The highest BCUT2D eigenvalue weighted by molar-refractivity contribution is 7.15. The molecule has 1 aliphatic rings. The molecule has 0 unspecified atom stereocenters. The fourth-order valence-corrected chi connectivity index (χ4v) is 2.84. The first kappa shape index (κ1) is 14.5. The number of rotatable bonds is 4. The van der Waals surface area contributed by atoms with Crippen molar-refractivity contribution >= 4 is 34.0 Å². The van der Waals surface area contributed by atoms with Crippen LogP contribution < -0.4 is 15.4 Å². The Kier molecular flexibility index (Phi) is 4.01. The van der Waals surface area contributed by atoms with E-state index < -0.39 is 0 Å². The topological polar surface area (TPSA) is 93.2 Å². The number of hydrogen-bond acceptors (Lipinski definition) is 6. The van der Waals surface area contributed by atoms with Crippen LogP contribution in [0.25, 0.3) is 0 Å². The molecule has 7 nitrogen and oxygen atoms in total. The van der Waals surface area contributed by atoms with Crippen molar-refractivity contribution in [3.05, 3.63) is 28.8 Å². The molecule has 0 aliphatic carbocycles. The molecule has 1 aromatic heterocycles. The molecule has 3 rings (SSSR count). The second kappa shape index (κ2) is 6.10. The molecule has 1 aliphatic heterocycles. The molecule has 0 bridgehead atoms.